The third kappa shape index (κ3) is 4.17. The van der Waals surface area contributed by atoms with Gasteiger partial charge in [0, 0.05) is 35.3 Å². The Bertz CT molecular complexity index is 1790. The van der Waals surface area contributed by atoms with E-state index in [2.05, 4.69) is 27.2 Å². The molecular formula is C30H25N5O2. The maximum absolute atomic E-state index is 14.0. The molecule has 0 radical (unpaired) electrons. The molecule has 0 saturated heterocycles. The lowest BCUT2D eigenvalue weighted by atomic mass is 10.0. The molecule has 0 spiro atoms. The fourth-order valence-corrected chi connectivity index (χ4v) is 4.66. The fraction of sp³-hybridized carbons (Fsp3) is 0.200. The van der Waals surface area contributed by atoms with Gasteiger partial charge < -0.3 is 5.32 Å². The summed E-state index contributed by atoms with van der Waals surface area (Å²) in [5, 5.41) is 8.86. The van der Waals surface area contributed by atoms with Crippen molar-refractivity contribution >= 4 is 22.3 Å². The van der Waals surface area contributed by atoms with Gasteiger partial charge in [-0.05, 0) is 62.4 Å². The Balaban J connectivity index is 1.48. The minimum Gasteiger partial charge on any atom is -0.344 e. The molecule has 0 bridgehead atoms. The van der Waals surface area contributed by atoms with Gasteiger partial charge in [0.2, 0.25) is 0 Å². The molecule has 5 aromatic rings. The van der Waals surface area contributed by atoms with Crippen LogP contribution in [0.1, 0.15) is 53.1 Å². The molecule has 0 aliphatic heterocycles. The normalized spacial score (nSPS) is 13.8. The number of hydrogen-bond donors (Lipinski definition) is 1. The molecule has 1 saturated carbocycles. The Kier molecular flexibility index (Phi) is 5.57. The van der Waals surface area contributed by atoms with E-state index in [1.165, 1.54) is 0 Å². The van der Waals surface area contributed by atoms with Crippen LogP contribution in [-0.2, 0) is 0 Å². The van der Waals surface area contributed by atoms with Crippen LogP contribution in [0, 0.1) is 24.7 Å². The quantitative estimate of drug-likeness (QED) is 0.376. The second kappa shape index (κ2) is 9.07. The van der Waals surface area contributed by atoms with E-state index in [1.807, 2.05) is 61.5 Å². The van der Waals surface area contributed by atoms with E-state index in [4.69, 9.17) is 0 Å². The van der Waals surface area contributed by atoms with Crippen molar-refractivity contribution in [2.24, 2.45) is 5.92 Å². The number of carbonyl (C=O) groups excluding carboxylic acids is 1. The molecule has 3 aromatic heterocycles. The highest BCUT2D eigenvalue weighted by molar-refractivity contribution is 6.01. The summed E-state index contributed by atoms with van der Waals surface area (Å²) in [5.74, 6) is 6.66. The maximum Gasteiger partial charge on any atom is 0.264 e. The highest BCUT2D eigenvalue weighted by Gasteiger charge is 2.23. The summed E-state index contributed by atoms with van der Waals surface area (Å²) >= 11 is 0. The smallest absolute Gasteiger partial charge is 0.264 e. The number of aromatic nitrogens is 4. The third-order valence-electron chi connectivity index (χ3n) is 6.67. The largest absolute Gasteiger partial charge is 0.344 e. The van der Waals surface area contributed by atoms with Gasteiger partial charge in [-0.1, -0.05) is 42.2 Å². The number of aryl methyl sites for hydroxylation is 1. The van der Waals surface area contributed by atoms with E-state index in [9.17, 15) is 9.59 Å². The van der Waals surface area contributed by atoms with Gasteiger partial charge in [0.15, 0.2) is 5.65 Å². The first-order valence-electron chi connectivity index (χ1n) is 12.4. The van der Waals surface area contributed by atoms with E-state index in [0.29, 0.717) is 33.9 Å². The van der Waals surface area contributed by atoms with Gasteiger partial charge in [-0.3, -0.25) is 14.2 Å². The zero-order valence-corrected chi connectivity index (χ0v) is 20.6. The third-order valence-corrected chi connectivity index (χ3v) is 6.67. The predicted octanol–water partition coefficient (Wildman–Crippen LogP) is 4.59. The molecular weight excluding hydrogens is 462 g/mol. The first-order chi connectivity index (χ1) is 18.0. The number of amides is 1. The highest BCUT2D eigenvalue weighted by atomic mass is 16.2. The van der Waals surface area contributed by atoms with Crippen LogP contribution in [0.4, 0.5) is 0 Å². The van der Waals surface area contributed by atoms with Crippen LogP contribution < -0.4 is 10.9 Å². The lowest BCUT2D eigenvalue weighted by molar-refractivity contribution is 0.0939. The maximum atomic E-state index is 14.0. The molecule has 1 fully saturated rings. The number of rotatable bonds is 4. The first kappa shape index (κ1) is 22.7. The number of benzene rings is 2. The van der Waals surface area contributed by atoms with Crippen molar-refractivity contribution < 1.29 is 4.79 Å². The molecule has 2 aromatic carbocycles. The van der Waals surface area contributed by atoms with E-state index in [-0.39, 0.29) is 11.5 Å². The van der Waals surface area contributed by atoms with Crippen LogP contribution in [0.15, 0.2) is 77.9 Å². The predicted molar refractivity (Wildman–Crippen MR) is 143 cm³/mol. The number of pyridine rings is 1. The van der Waals surface area contributed by atoms with E-state index >= 15 is 0 Å². The zero-order chi connectivity index (χ0) is 25.5. The van der Waals surface area contributed by atoms with Crippen LogP contribution in [-0.4, -0.2) is 25.1 Å². The fourth-order valence-electron chi connectivity index (χ4n) is 4.66. The van der Waals surface area contributed by atoms with Crippen molar-refractivity contribution in [3.63, 3.8) is 0 Å². The molecule has 1 aliphatic carbocycles. The van der Waals surface area contributed by atoms with Gasteiger partial charge in [-0.25, -0.2) is 9.50 Å². The van der Waals surface area contributed by atoms with Gasteiger partial charge in [0.1, 0.15) is 5.56 Å². The van der Waals surface area contributed by atoms with Crippen LogP contribution in [0.2, 0.25) is 0 Å². The van der Waals surface area contributed by atoms with Crippen molar-refractivity contribution in [2.75, 3.05) is 0 Å². The summed E-state index contributed by atoms with van der Waals surface area (Å²) in [6, 6.07) is 18.5. The van der Waals surface area contributed by atoms with Crippen molar-refractivity contribution in [1.29, 1.82) is 0 Å². The number of fused-ring (bicyclic) bond motifs is 2. The van der Waals surface area contributed by atoms with Crippen LogP contribution in [0.3, 0.4) is 0 Å². The Hall–Kier alpha value is -4.70. The Morgan fingerprint density at radius 3 is 2.70 bits per heavy atom. The summed E-state index contributed by atoms with van der Waals surface area (Å²) in [6.45, 7) is 3.66. The summed E-state index contributed by atoms with van der Waals surface area (Å²) in [6.07, 6.45) is 5.64. The standard InChI is InChI=1S/C30H25N5O2/c1-19(32-29(36)26-20(2)33-34-17-7-16-31-28(26)34)25-18-23-9-6-8-22(15-14-21-12-13-21)27(23)30(37)35(25)24-10-4-3-5-11-24/h3-11,16-19,21H,12-13H2,1-2H3,(H,32,36). The Morgan fingerprint density at radius 1 is 1.11 bits per heavy atom. The van der Waals surface area contributed by atoms with Gasteiger partial charge in [-0.2, -0.15) is 5.10 Å². The molecule has 7 nitrogen and oxygen atoms in total. The number of nitrogens with one attached hydrogen (secondary N) is 1. The van der Waals surface area contributed by atoms with Gasteiger partial charge in [0.25, 0.3) is 11.5 Å². The second-order valence-electron chi connectivity index (χ2n) is 9.40. The molecule has 7 heteroatoms. The summed E-state index contributed by atoms with van der Waals surface area (Å²) in [7, 11) is 0. The SMILES string of the molecule is Cc1nn2cccnc2c1C(=O)NC(C)c1cc2cccc(C#CC3CC3)c2c(=O)n1-c1ccccc1. The van der Waals surface area contributed by atoms with Crippen molar-refractivity contribution in [3.8, 4) is 17.5 Å². The lowest BCUT2D eigenvalue weighted by Crippen LogP contribution is -2.32. The van der Waals surface area contributed by atoms with Crippen LogP contribution >= 0.6 is 0 Å². The number of carbonyl (C=O) groups is 1. The molecule has 1 aliphatic rings. The van der Waals surface area contributed by atoms with E-state index in [1.54, 1.807) is 34.5 Å². The monoisotopic (exact) mass is 487 g/mol. The van der Waals surface area contributed by atoms with Gasteiger partial charge >= 0.3 is 0 Å². The first-order valence-corrected chi connectivity index (χ1v) is 12.4. The second-order valence-corrected chi connectivity index (χ2v) is 9.40. The summed E-state index contributed by atoms with van der Waals surface area (Å²) in [5.41, 5.74) is 3.46. The van der Waals surface area contributed by atoms with Crippen LogP contribution in [0.5, 0.6) is 0 Å². The Morgan fingerprint density at radius 2 is 1.92 bits per heavy atom. The Labute approximate surface area is 213 Å². The molecule has 1 N–H and O–H groups in total. The average molecular weight is 488 g/mol. The molecule has 1 unspecified atom stereocenters. The van der Waals surface area contributed by atoms with Gasteiger partial charge in [-0.15, -0.1) is 0 Å². The summed E-state index contributed by atoms with van der Waals surface area (Å²) < 4.78 is 3.27. The molecule has 1 amide bonds. The molecule has 182 valence electrons. The average Bonchev–Trinajstić information content (AvgIpc) is 3.67. The van der Waals surface area contributed by atoms with E-state index < -0.39 is 6.04 Å². The molecule has 1 atom stereocenters. The molecule has 3 heterocycles. The van der Waals surface area contributed by atoms with Crippen LogP contribution in [0.25, 0.3) is 22.1 Å². The summed E-state index contributed by atoms with van der Waals surface area (Å²) in [4.78, 5) is 31.8. The van der Waals surface area contributed by atoms with Crippen molar-refractivity contribution in [2.45, 2.75) is 32.7 Å². The number of hydrogen-bond acceptors (Lipinski definition) is 4. The zero-order valence-electron chi connectivity index (χ0n) is 20.6. The molecule has 6 rings (SSSR count). The minimum atomic E-state index is -0.482. The van der Waals surface area contributed by atoms with Crippen molar-refractivity contribution in [3.05, 3.63) is 106 Å². The van der Waals surface area contributed by atoms with Crippen molar-refractivity contribution in [1.82, 2.24) is 24.5 Å². The number of nitrogens with zero attached hydrogens (tertiary/aromatic N) is 4. The molecule has 37 heavy (non-hydrogen) atoms. The number of para-hydroxylation sites is 1. The topological polar surface area (TPSA) is 81.3 Å². The minimum absolute atomic E-state index is 0.158. The van der Waals surface area contributed by atoms with E-state index in [0.717, 1.165) is 29.5 Å². The lowest BCUT2D eigenvalue weighted by Gasteiger charge is -2.21. The van der Waals surface area contributed by atoms with Gasteiger partial charge in [0.05, 0.1) is 17.1 Å². The highest BCUT2D eigenvalue weighted by Crippen LogP contribution is 2.28.